The molecule has 0 saturated carbocycles. The Morgan fingerprint density at radius 1 is 1.45 bits per heavy atom. The van der Waals surface area contributed by atoms with Crippen LogP contribution in [0.1, 0.15) is 12.5 Å². The van der Waals surface area contributed by atoms with Crippen LogP contribution in [0.3, 0.4) is 0 Å². The van der Waals surface area contributed by atoms with Crippen LogP contribution in [0.5, 0.6) is 5.75 Å². The molecule has 0 aliphatic carbocycles. The van der Waals surface area contributed by atoms with Crippen molar-refractivity contribution in [3.05, 3.63) is 32.2 Å². The van der Waals surface area contributed by atoms with Crippen molar-refractivity contribution in [1.82, 2.24) is 4.90 Å². The molecule has 1 aliphatic rings. The number of thioether (sulfide) groups is 1. The zero-order valence-corrected chi connectivity index (χ0v) is 14.5. The first-order valence-corrected chi connectivity index (χ1v) is 8.21. The number of carboxylic acid groups (broad SMARTS) is 1. The van der Waals surface area contributed by atoms with Gasteiger partial charge in [-0.05, 0) is 65.0 Å². The van der Waals surface area contributed by atoms with Gasteiger partial charge in [0.1, 0.15) is 12.3 Å². The number of halogens is 1. The zero-order chi connectivity index (χ0) is 16.3. The lowest BCUT2D eigenvalue weighted by Crippen LogP contribution is -2.33. The van der Waals surface area contributed by atoms with E-state index in [2.05, 4.69) is 22.6 Å². The van der Waals surface area contributed by atoms with E-state index in [9.17, 15) is 14.4 Å². The molecule has 0 atom stereocenters. The van der Waals surface area contributed by atoms with Crippen molar-refractivity contribution in [1.29, 1.82) is 0 Å². The summed E-state index contributed by atoms with van der Waals surface area (Å²) in [4.78, 5) is 35.3. The lowest BCUT2D eigenvalue weighted by Gasteiger charge is -2.08. The second-order valence-corrected chi connectivity index (χ2v) is 6.44. The number of rotatable bonds is 5. The van der Waals surface area contributed by atoms with E-state index in [1.165, 1.54) is 0 Å². The second kappa shape index (κ2) is 7.14. The molecule has 0 spiro atoms. The van der Waals surface area contributed by atoms with E-state index >= 15 is 0 Å². The van der Waals surface area contributed by atoms with Crippen LogP contribution in [0.25, 0.3) is 6.08 Å². The van der Waals surface area contributed by atoms with Gasteiger partial charge in [0.05, 0.1) is 15.1 Å². The van der Waals surface area contributed by atoms with E-state index in [0.717, 1.165) is 31.5 Å². The molecule has 0 unspecified atom stereocenters. The van der Waals surface area contributed by atoms with Gasteiger partial charge in [-0.15, -0.1) is 0 Å². The number of hydrogen-bond acceptors (Lipinski definition) is 5. The minimum absolute atomic E-state index is 0.214. The number of amides is 2. The molecular weight excluding hydrogens is 421 g/mol. The summed E-state index contributed by atoms with van der Waals surface area (Å²) in [6.07, 6.45) is 1.57. The van der Waals surface area contributed by atoms with Gasteiger partial charge in [-0.2, -0.15) is 0 Å². The molecule has 1 N–H and O–H groups in total. The minimum Gasteiger partial charge on any atom is -0.493 e. The van der Waals surface area contributed by atoms with Gasteiger partial charge in [0, 0.05) is 0 Å². The molecule has 22 heavy (non-hydrogen) atoms. The summed E-state index contributed by atoms with van der Waals surface area (Å²) in [7, 11) is 0. The lowest BCUT2D eigenvalue weighted by molar-refractivity contribution is -0.140. The number of benzene rings is 1. The first-order chi connectivity index (χ1) is 10.4. The van der Waals surface area contributed by atoms with Gasteiger partial charge in [-0.1, -0.05) is 6.07 Å². The van der Waals surface area contributed by atoms with Crippen LogP contribution < -0.4 is 4.74 Å². The molecule has 6 nitrogen and oxygen atoms in total. The Bertz CT molecular complexity index is 673. The molecule has 0 bridgehead atoms. The summed E-state index contributed by atoms with van der Waals surface area (Å²) < 4.78 is 6.32. The first-order valence-electron chi connectivity index (χ1n) is 6.32. The number of ether oxygens (including phenoxy) is 1. The molecule has 0 radical (unpaired) electrons. The van der Waals surface area contributed by atoms with E-state index in [1.54, 1.807) is 18.2 Å². The molecule has 2 rings (SSSR count). The van der Waals surface area contributed by atoms with Crippen LogP contribution in [0.2, 0.25) is 0 Å². The average Bonchev–Trinajstić information content (AvgIpc) is 2.69. The van der Waals surface area contributed by atoms with Crippen molar-refractivity contribution in [3.63, 3.8) is 0 Å². The first kappa shape index (κ1) is 16.8. The van der Waals surface area contributed by atoms with Gasteiger partial charge in [-0.3, -0.25) is 19.3 Å². The number of carboxylic acids is 1. The van der Waals surface area contributed by atoms with Gasteiger partial charge < -0.3 is 9.84 Å². The smallest absolute Gasteiger partial charge is 0.323 e. The van der Waals surface area contributed by atoms with Crippen molar-refractivity contribution in [2.24, 2.45) is 0 Å². The number of hydrogen-bond donors (Lipinski definition) is 1. The SMILES string of the molecule is CCOc1ccc(/C=C2\SC(=O)N(CC(=O)O)C2=O)cc1I. The molecule has 1 saturated heterocycles. The van der Waals surface area contributed by atoms with Crippen LogP contribution in [0.15, 0.2) is 23.1 Å². The molecular formula is C14H12INO5S. The highest BCUT2D eigenvalue weighted by Gasteiger charge is 2.36. The molecule has 8 heteroatoms. The van der Waals surface area contributed by atoms with Crippen LogP contribution in [0.4, 0.5) is 4.79 Å². The standard InChI is InChI=1S/C14H12INO5S/c1-2-21-10-4-3-8(5-9(10)15)6-11-13(19)16(7-12(17)18)14(20)22-11/h3-6H,2,7H2,1H3,(H,17,18)/b11-6-. The third-order valence-electron chi connectivity index (χ3n) is 2.72. The highest BCUT2D eigenvalue weighted by molar-refractivity contribution is 14.1. The number of aliphatic carboxylic acids is 1. The number of carbonyl (C=O) groups is 3. The third kappa shape index (κ3) is 3.80. The highest BCUT2D eigenvalue weighted by atomic mass is 127. The highest BCUT2D eigenvalue weighted by Crippen LogP contribution is 2.33. The van der Waals surface area contributed by atoms with Gasteiger partial charge in [0.2, 0.25) is 0 Å². The molecule has 1 aromatic rings. The van der Waals surface area contributed by atoms with Crippen molar-refractivity contribution >= 4 is 57.5 Å². The summed E-state index contributed by atoms with van der Waals surface area (Å²) >= 11 is 2.86. The Labute approximate surface area is 144 Å². The molecule has 1 aliphatic heterocycles. The quantitative estimate of drug-likeness (QED) is 0.568. The topological polar surface area (TPSA) is 83.9 Å². The van der Waals surface area contributed by atoms with E-state index in [-0.39, 0.29) is 4.91 Å². The molecule has 2 amide bonds. The molecule has 1 aromatic carbocycles. The van der Waals surface area contributed by atoms with Crippen LogP contribution in [0, 0.1) is 3.57 Å². The Kier molecular flexibility index (Phi) is 5.46. The summed E-state index contributed by atoms with van der Waals surface area (Å²) in [6.45, 7) is 1.83. The maximum atomic E-state index is 12.0. The van der Waals surface area contributed by atoms with Crippen molar-refractivity contribution in [2.45, 2.75) is 6.92 Å². The largest absolute Gasteiger partial charge is 0.493 e. The van der Waals surface area contributed by atoms with Gasteiger partial charge >= 0.3 is 5.97 Å². The fourth-order valence-corrected chi connectivity index (χ4v) is 3.34. The predicted molar refractivity (Wildman–Crippen MR) is 90.6 cm³/mol. The van der Waals surface area contributed by atoms with Crippen LogP contribution in [-0.2, 0) is 9.59 Å². The molecule has 1 fully saturated rings. The molecule has 116 valence electrons. The van der Waals surface area contributed by atoms with E-state index < -0.39 is 23.7 Å². The minimum atomic E-state index is -1.22. The van der Waals surface area contributed by atoms with Gasteiger partial charge in [0.15, 0.2) is 0 Å². The van der Waals surface area contributed by atoms with E-state index in [4.69, 9.17) is 9.84 Å². The predicted octanol–water partition coefficient (Wildman–Crippen LogP) is 2.81. The zero-order valence-electron chi connectivity index (χ0n) is 11.5. The summed E-state index contributed by atoms with van der Waals surface area (Å²) in [5, 5.41) is 8.14. The maximum Gasteiger partial charge on any atom is 0.323 e. The van der Waals surface area contributed by atoms with Crippen molar-refractivity contribution in [2.75, 3.05) is 13.2 Å². The number of carbonyl (C=O) groups excluding carboxylic acids is 2. The second-order valence-electron chi connectivity index (χ2n) is 4.28. The Morgan fingerprint density at radius 2 is 2.18 bits per heavy atom. The van der Waals surface area contributed by atoms with Crippen molar-refractivity contribution < 1.29 is 24.2 Å². The normalized spacial score (nSPS) is 16.5. The number of nitrogens with zero attached hydrogens (tertiary/aromatic N) is 1. The Morgan fingerprint density at radius 3 is 2.77 bits per heavy atom. The van der Waals surface area contributed by atoms with Gasteiger partial charge in [-0.25, -0.2) is 0 Å². The van der Waals surface area contributed by atoms with Crippen LogP contribution >= 0.6 is 34.4 Å². The van der Waals surface area contributed by atoms with Crippen LogP contribution in [-0.4, -0.2) is 40.3 Å². The maximum absolute atomic E-state index is 12.0. The fourth-order valence-electron chi connectivity index (χ4n) is 1.80. The Hall–Kier alpha value is -1.55. The average molecular weight is 433 g/mol. The molecule has 0 aromatic heterocycles. The van der Waals surface area contributed by atoms with E-state index in [0.29, 0.717) is 6.61 Å². The van der Waals surface area contributed by atoms with Gasteiger partial charge in [0.25, 0.3) is 11.1 Å². The monoisotopic (exact) mass is 433 g/mol. The lowest BCUT2D eigenvalue weighted by atomic mass is 10.2. The summed E-state index contributed by atoms with van der Waals surface area (Å²) in [5.41, 5.74) is 0.744. The van der Waals surface area contributed by atoms with E-state index in [1.807, 2.05) is 13.0 Å². The summed E-state index contributed by atoms with van der Waals surface area (Å²) in [6, 6.07) is 5.40. The van der Waals surface area contributed by atoms with Crippen molar-refractivity contribution in [3.8, 4) is 5.75 Å². The Balaban J connectivity index is 2.23. The fraction of sp³-hybridized carbons (Fsp3) is 0.214. The number of imide groups is 1. The third-order valence-corrected chi connectivity index (χ3v) is 4.47. The molecule has 1 heterocycles. The summed E-state index contributed by atoms with van der Waals surface area (Å²) in [5.74, 6) is -1.06.